The van der Waals surface area contributed by atoms with Crippen LogP contribution in [0.15, 0.2) is 47.2 Å². The van der Waals surface area contributed by atoms with Crippen molar-refractivity contribution in [2.24, 2.45) is 0 Å². The highest BCUT2D eigenvalue weighted by Crippen LogP contribution is 2.34. The second-order valence-electron chi connectivity index (χ2n) is 4.41. The van der Waals surface area contributed by atoms with Crippen LogP contribution >= 0.6 is 15.9 Å². The number of halogens is 5. The normalized spacial score (nSPS) is 12.0. The van der Waals surface area contributed by atoms with Crippen LogP contribution in [0.25, 0.3) is 16.9 Å². The van der Waals surface area contributed by atoms with Crippen LogP contribution in [0.5, 0.6) is 0 Å². The number of fused-ring (bicyclic) bond motifs is 1. The summed E-state index contributed by atoms with van der Waals surface area (Å²) in [4.78, 5) is 4.13. The van der Waals surface area contributed by atoms with Crippen molar-refractivity contribution in [3.8, 4) is 11.3 Å². The van der Waals surface area contributed by atoms with Crippen molar-refractivity contribution in [1.82, 2.24) is 9.38 Å². The third-order valence-corrected chi connectivity index (χ3v) is 3.54. The molecule has 7 heteroatoms. The SMILES string of the molecule is Fc1ccc(-c2cnc3cc(Br)ccn23)cc1C(F)(F)F. The Morgan fingerprint density at radius 3 is 2.57 bits per heavy atom. The number of benzene rings is 1. The monoisotopic (exact) mass is 358 g/mol. The van der Waals surface area contributed by atoms with Crippen LogP contribution in [0.1, 0.15) is 5.56 Å². The third kappa shape index (κ3) is 2.53. The summed E-state index contributed by atoms with van der Waals surface area (Å²) in [5.74, 6) is -1.29. The van der Waals surface area contributed by atoms with Crippen molar-refractivity contribution >= 4 is 21.6 Å². The Morgan fingerprint density at radius 1 is 1.10 bits per heavy atom. The number of rotatable bonds is 1. The van der Waals surface area contributed by atoms with Crippen molar-refractivity contribution in [1.29, 1.82) is 0 Å². The Hall–Kier alpha value is -1.89. The van der Waals surface area contributed by atoms with E-state index in [4.69, 9.17) is 0 Å². The molecule has 21 heavy (non-hydrogen) atoms. The summed E-state index contributed by atoms with van der Waals surface area (Å²) in [5.41, 5.74) is 0.00543. The predicted octanol–water partition coefficient (Wildman–Crippen LogP) is 4.92. The average molecular weight is 359 g/mol. The zero-order valence-electron chi connectivity index (χ0n) is 10.3. The van der Waals surface area contributed by atoms with Crippen LogP contribution in [-0.4, -0.2) is 9.38 Å². The Morgan fingerprint density at radius 2 is 1.86 bits per heavy atom. The van der Waals surface area contributed by atoms with Crippen molar-refractivity contribution in [2.45, 2.75) is 6.18 Å². The number of nitrogens with zero attached hydrogens (tertiary/aromatic N) is 2. The smallest absolute Gasteiger partial charge is 0.300 e. The van der Waals surface area contributed by atoms with Gasteiger partial charge in [0, 0.05) is 16.2 Å². The van der Waals surface area contributed by atoms with E-state index in [-0.39, 0.29) is 5.56 Å². The number of alkyl halides is 3. The zero-order valence-corrected chi connectivity index (χ0v) is 11.9. The minimum Gasteiger partial charge on any atom is -0.300 e. The van der Waals surface area contributed by atoms with Crippen molar-refractivity contribution in [2.75, 3.05) is 0 Å². The Bertz CT molecular complexity index is 823. The lowest BCUT2D eigenvalue weighted by atomic mass is 10.1. The van der Waals surface area contributed by atoms with Crippen LogP contribution in [0.4, 0.5) is 17.6 Å². The summed E-state index contributed by atoms with van der Waals surface area (Å²) in [6.45, 7) is 0. The molecule has 1 aromatic carbocycles. The number of hydrogen-bond donors (Lipinski definition) is 0. The molecule has 0 N–H and O–H groups in total. The van der Waals surface area contributed by atoms with Gasteiger partial charge in [-0.15, -0.1) is 0 Å². The molecule has 0 spiro atoms. The molecule has 0 saturated carbocycles. The summed E-state index contributed by atoms with van der Waals surface area (Å²) in [7, 11) is 0. The number of imidazole rings is 1. The molecule has 108 valence electrons. The van der Waals surface area contributed by atoms with E-state index in [1.165, 1.54) is 12.3 Å². The fraction of sp³-hybridized carbons (Fsp3) is 0.0714. The summed E-state index contributed by atoms with van der Waals surface area (Å²) in [6, 6.07) is 6.39. The third-order valence-electron chi connectivity index (χ3n) is 3.04. The lowest BCUT2D eigenvalue weighted by Gasteiger charge is -2.10. The highest BCUT2D eigenvalue weighted by atomic mass is 79.9. The highest BCUT2D eigenvalue weighted by Gasteiger charge is 2.34. The molecule has 0 unspecified atom stereocenters. The van der Waals surface area contributed by atoms with E-state index in [1.54, 1.807) is 22.7 Å². The van der Waals surface area contributed by atoms with E-state index >= 15 is 0 Å². The van der Waals surface area contributed by atoms with Crippen LogP contribution in [-0.2, 0) is 6.18 Å². The van der Waals surface area contributed by atoms with Crippen LogP contribution in [0.2, 0.25) is 0 Å². The number of pyridine rings is 1. The molecule has 0 saturated heterocycles. The summed E-state index contributed by atoms with van der Waals surface area (Å²) in [6.07, 6.45) is -1.60. The summed E-state index contributed by atoms with van der Waals surface area (Å²) in [5, 5.41) is 0. The molecule has 0 bridgehead atoms. The first-order valence-corrected chi connectivity index (χ1v) is 6.65. The maximum atomic E-state index is 13.3. The van der Waals surface area contributed by atoms with E-state index in [1.807, 2.05) is 0 Å². The van der Waals surface area contributed by atoms with Gasteiger partial charge in [0.2, 0.25) is 0 Å². The molecule has 3 aromatic rings. The quantitative estimate of drug-likeness (QED) is 0.564. The van der Waals surface area contributed by atoms with Gasteiger partial charge in [0.25, 0.3) is 0 Å². The van der Waals surface area contributed by atoms with Gasteiger partial charge < -0.3 is 0 Å². The van der Waals surface area contributed by atoms with Gasteiger partial charge in [0.1, 0.15) is 11.5 Å². The minimum absolute atomic E-state index is 0.249. The average Bonchev–Trinajstić information content (AvgIpc) is 2.81. The zero-order chi connectivity index (χ0) is 15.2. The molecule has 0 atom stereocenters. The van der Waals surface area contributed by atoms with E-state index in [0.717, 1.165) is 16.6 Å². The van der Waals surface area contributed by atoms with Gasteiger partial charge in [0.05, 0.1) is 17.5 Å². The lowest BCUT2D eigenvalue weighted by Crippen LogP contribution is -2.08. The van der Waals surface area contributed by atoms with E-state index in [0.29, 0.717) is 11.3 Å². The van der Waals surface area contributed by atoms with E-state index < -0.39 is 17.6 Å². The molecular weight excluding hydrogens is 352 g/mol. The highest BCUT2D eigenvalue weighted by molar-refractivity contribution is 9.10. The van der Waals surface area contributed by atoms with Gasteiger partial charge >= 0.3 is 6.18 Å². The Balaban J connectivity index is 2.19. The van der Waals surface area contributed by atoms with Crippen LogP contribution in [0.3, 0.4) is 0 Å². The molecule has 0 amide bonds. The summed E-state index contributed by atoms with van der Waals surface area (Å²) >= 11 is 3.29. The lowest BCUT2D eigenvalue weighted by molar-refractivity contribution is -0.139. The second kappa shape index (κ2) is 4.84. The van der Waals surface area contributed by atoms with Crippen LogP contribution in [0, 0.1) is 5.82 Å². The van der Waals surface area contributed by atoms with E-state index in [2.05, 4.69) is 20.9 Å². The molecule has 0 aliphatic rings. The molecule has 2 heterocycles. The topological polar surface area (TPSA) is 17.3 Å². The van der Waals surface area contributed by atoms with Gasteiger partial charge in [-0.2, -0.15) is 13.2 Å². The van der Waals surface area contributed by atoms with Gasteiger partial charge in [-0.05, 0) is 30.3 Å². The van der Waals surface area contributed by atoms with E-state index in [9.17, 15) is 17.6 Å². The molecule has 2 aromatic heterocycles. The molecule has 0 aliphatic heterocycles. The van der Waals surface area contributed by atoms with Crippen molar-refractivity contribution in [3.05, 3.63) is 58.6 Å². The van der Waals surface area contributed by atoms with Gasteiger partial charge in [-0.25, -0.2) is 9.37 Å². The van der Waals surface area contributed by atoms with Gasteiger partial charge in [0.15, 0.2) is 0 Å². The molecule has 3 rings (SSSR count). The van der Waals surface area contributed by atoms with Gasteiger partial charge in [-0.1, -0.05) is 15.9 Å². The number of aromatic nitrogens is 2. The maximum absolute atomic E-state index is 13.3. The molecule has 0 fully saturated rings. The Kier molecular flexibility index (Phi) is 3.24. The molecule has 2 nitrogen and oxygen atoms in total. The van der Waals surface area contributed by atoms with Crippen LogP contribution < -0.4 is 0 Å². The summed E-state index contributed by atoms with van der Waals surface area (Å²) < 4.78 is 54.1. The Labute approximate surface area is 125 Å². The first-order valence-electron chi connectivity index (χ1n) is 5.86. The minimum atomic E-state index is -4.73. The maximum Gasteiger partial charge on any atom is 0.419 e. The first kappa shape index (κ1) is 14.1. The standard InChI is InChI=1S/C14H7BrF4N2/c15-9-3-4-21-12(7-20-13(21)6-9)8-1-2-11(16)10(5-8)14(17,18)19/h1-7H. The second-order valence-corrected chi connectivity index (χ2v) is 5.32. The largest absolute Gasteiger partial charge is 0.419 e. The number of hydrogen-bond acceptors (Lipinski definition) is 1. The van der Waals surface area contributed by atoms with Crippen molar-refractivity contribution in [3.63, 3.8) is 0 Å². The fourth-order valence-corrected chi connectivity index (χ4v) is 2.39. The molecular formula is C14H7BrF4N2. The first-order chi connectivity index (χ1) is 9.86. The van der Waals surface area contributed by atoms with Crippen molar-refractivity contribution < 1.29 is 17.6 Å². The van der Waals surface area contributed by atoms with Gasteiger partial charge in [-0.3, -0.25) is 4.40 Å². The fourth-order valence-electron chi connectivity index (χ4n) is 2.07. The molecule has 0 radical (unpaired) electrons. The predicted molar refractivity (Wildman–Crippen MR) is 73.3 cm³/mol. The molecule has 0 aliphatic carbocycles.